The SMILES string of the molecule is CCc1cc(C(=O)NCCC(C)SC)cc(Cl)n1. The van der Waals surface area contributed by atoms with Crippen molar-refractivity contribution in [2.45, 2.75) is 31.9 Å². The third-order valence-electron chi connectivity index (χ3n) is 2.71. The summed E-state index contributed by atoms with van der Waals surface area (Å²) in [4.78, 5) is 16.1. The highest BCUT2D eigenvalue weighted by Gasteiger charge is 2.09. The van der Waals surface area contributed by atoms with Gasteiger partial charge in [-0.25, -0.2) is 4.98 Å². The van der Waals surface area contributed by atoms with Crippen LogP contribution in [-0.2, 0) is 6.42 Å². The van der Waals surface area contributed by atoms with Gasteiger partial charge in [-0.3, -0.25) is 4.79 Å². The number of thioether (sulfide) groups is 1. The summed E-state index contributed by atoms with van der Waals surface area (Å²) in [6.45, 7) is 4.82. The summed E-state index contributed by atoms with van der Waals surface area (Å²) in [6, 6.07) is 3.40. The second kappa shape index (κ2) is 7.64. The van der Waals surface area contributed by atoms with Crippen LogP contribution in [-0.4, -0.2) is 28.9 Å². The highest BCUT2D eigenvalue weighted by Crippen LogP contribution is 2.12. The minimum atomic E-state index is -0.0812. The Morgan fingerprint density at radius 2 is 2.28 bits per heavy atom. The van der Waals surface area contributed by atoms with Gasteiger partial charge in [0.15, 0.2) is 0 Å². The fourth-order valence-electron chi connectivity index (χ4n) is 1.47. The van der Waals surface area contributed by atoms with E-state index in [0.717, 1.165) is 18.5 Å². The Morgan fingerprint density at radius 1 is 1.56 bits per heavy atom. The number of rotatable bonds is 6. The van der Waals surface area contributed by atoms with E-state index in [0.29, 0.717) is 22.5 Å². The van der Waals surface area contributed by atoms with Crippen LogP contribution in [0.1, 0.15) is 36.3 Å². The quantitative estimate of drug-likeness (QED) is 0.817. The van der Waals surface area contributed by atoms with Crippen LogP contribution in [0.5, 0.6) is 0 Å². The molecule has 0 saturated heterocycles. The van der Waals surface area contributed by atoms with Gasteiger partial charge in [-0.1, -0.05) is 25.4 Å². The third-order valence-corrected chi connectivity index (χ3v) is 3.94. The van der Waals surface area contributed by atoms with Crippen molar-refractivity contribution < 1.29 is 4.79 Å². The van der Waals surface area contributed by atoms with Crippen LogP contribution in [0.15, 0.2) is 12.1 Å². The number of aromatic nitrogens is 1. The van der Waals surface area contributed by atoms with Crippen molar-refractivity contribution in [3.8, 4) is 0 Å². The van der Waals surface area contributed by atoms with Crippen LogP contribution in [0.4, 0.5) is 0 Å². The molecule has 1 amide bonds. The Labute approximate surface area is 118 Å². The van der Waals surface area contributed by atoms with E-state index < -0.39 is 0 Å². The van der Waals surface area contributed by atoms with Gasteiger partial charge in [0.2, 0.25) is 0 Å². The fraction of sp³-hybridized carbons (Fsp3) is 0.538. The summed E-state index contributed by atoms with van der Waals surface area (Å²) in [5.74, 6) is -0.0812. The second-order valence-electron chi connectivity index (χ2n) is 4.11. The van der Waals surface area contributed by atoms with Crippen molar-refractivity contribution >= 4 is 29.3 Å². The van der Waals surface area contributed by atoms with Crippen molar-refractivity contribution in [2.24, 2.45) is 0 Å². The van der Waals surface area contributed by atoms with E-state index in [9.17, 15) is 4.79 Å². The first-order valence-electron chi connectivity index (χ1n) is 6.04. The van der Waals surface area contributed by atoms with Crippen molar-refractivity contribution in [3.05, 3.63) is 28.5 Å². The number of carbonyl (C=O) groups excluding carboxylic acids is 1. The van der Waals surface area contributed by atoms with Crippen molar-refractivity contribution in [1.82, 2.24) is 10.3 Å². The van der Waals surface area contributed by atoms with Gasteiger partial charge in [0.05, 0.1) is 0 Å². The molecule has 0 bridgehead atoms. The third kappa shape index (κ3) is 4.86. The number of hydrogen-bond donors (Lipinski definition) is 1. The van der Waals surface area contributed by atoms with Gasteiger partial charge in [0, 0.05) is 23.1 Å². The zero-order chi connectivity index (χ0) is 13.5. The number of nitrogens with one attached hydrogen (secondary N) is 1. The molecule has 1 atom stereocenters. The molecule has 1 heterocycles. The molecule has 0 aromatic carbocycles. The van der Waals surface area contributed by atoms with E-state index in [1.165, 1.54) is 0 Å². The Kier molecular flexibility index (Phi) is 6.50. The minimum absolute atomic E-state index is 0.0812. The first kappa shape index (κ1) is 15.3. The molecular formula is C13H19ClN2OS. The standard InChI is InChI=1S/C13H19ClN2OS/c1-4-11-7-10(8-12(14)16-11)13(17)15-6-5-9(2)18-3/h7-9H,4-6H2,1-3H3,(H,15,17). The average Bonchev–Trinajstić information content (AvgIpc) is 2.37. The van der Waals surface area contributed by atoms with Crippen LogP contribution in [0.25, 0.3) is 0 Å². The zero-order valence-corrected chi connectivity index (χ0v) is 12.6. The van der Waals surface area contributed by atoms with Crippen LogP contribution in [0, 0.1) is 0 Å². The number of halogens is 1. The highest BCUT2D eigenvalue weighted by atomic mass is 35.5. The average molecular weight is 287 g/mol. The summed E-state index contributed by atoms with van der Waals surface area (Å²) < 4.78 is 0. The molecule has 3 nitrogen and oxygen atoms in total. The van der Waals surface area contributed by atoms with Gasteiger partial charge in [-0.15, -0.1) is 0 Å². The monoisotopic (exact) mass is 286 g/mol. The molecule has 5 heteroatoms. The summed E-state index contributed by atoms with van der Waals surface area (Å²) in [5.41, 5.74) is 1.42. The number of hydrogen-bond acceptors (Lipinski definition) is 3. The molecule has 0 aliphatic rings. The molecule has 1 N–H and O–H groups in total. The van der Waals surface area contributed by atoms with Crippen molar-refractivity contribution in [3.63, 3.8) is 0 Å². The van der Waals surface area contributed by atoms with Gasteiger partial charge >= 0.3 is 0 Å². The van der Waals surface area contributed by atoms with E-state index in [4.69, 9.17) is 11.6 Å². The van der Waals surface area contributed by atoms with E-state index in [1.54, 1.807) is 23.9 Å². The lowest BCUT2D eigenvalue weighted by Crippen LogP contribution is -2.26. The first-order valence-corrected chi connectivity index (χ1v) is 7.70. The highest BCUT2D eigenvalue weighted by molar-refractivity contribution is 7.99. The Hall–Kier alpha value is -0.740. The molecule has 100 valence electrons. The maximum atomic E-state index is 11.9. The normalized spacial score (nSPS) is 12.2. The largest absolute Gasteiger partial charge is 0.352 e. The first-order chi connectivity index (χ1) is 8.56. The van der Waals surface area contributed by atoms with E-state index in [-0.39, 0.29) is 5.91 Å². The molecular weight excluding hydrogens is 268 g/mol. The van der Waals surface area contributed by atoms with E-state index >= 15 is 0 Å². The van der Waals surface area contributed by atoms with E-state index in [2.05, 4.69) is 23.5 Å². The lowest BCUT2D eigenvalue weighted by atomic mass is 10.2. The molecule has 18 heavy (non-hydrogen) atoms. The molecule has 1 rings (SSSR count). The maximum Gasteiger partial charge on any atom is 0.251 e. The maximum absolute atomic E-state index is 11.9. The fourth-order valence-corrected chi connectivity index (χ4v) is 2.05. The number of carbonyl (C=O) groups is 1. The molecule has 0 fully saturated rings. The predicted octanol–water partition coefficient (Wildman–Crippen LogP) is 3.17. The number of pyridine rings is 1. The molecule has 0 aliphatic heterocycles. The summed E-state index contributed by atoms with van der Waals surface area (Å²) >= 11 is 7.68. The number of amides is 1. The summed E-state index contributed by atoms with van der Waals surface area (Å²) in [7, 11) is 0. The molecule has 0 spiro atoms. The molecule has 1 unspecified atom stereocenters. The molecule has 1 aromatic rings. The predicted molar refractivity (Wildman–Crippen MR) is 78.6 cm³/mol. The second-order valence-corrected chi connectivity index (χ2v) is 5.78. The topological polar surface area (TPSA) is 42.0 Å². The smallest absolute Gasteiger partial charge is 0.251 e. The van der Waals surface area contributed by atoms with Crippen LogP contribution in [0.3, 0.4) is 0 Å². The number of aryl methyl sites for hydroxylation is 1. The van der Waals surface area contributed by atoms with Crippen LogP contribution < -0.4 is 5.32 Å². The molecule has 0 saturated carbocycles. The lowest BCUT2D eigenvalue weighted by Gasteiger charge is -2.10. The van der Waals surface area contributed by atoms with Gasteiger partial charge in [0.25, 0.3) is 5.91 Å². The zero-order valence-electron chi connectivity index (χ0n) is 11.0. The van der Waals surface area contributed by atoms with Gasteiger partial charge < -0.3 is 5.32 Å². The van der Waals surface area contributed by atoms with Crippen molar-refractivity contribution in [1.29, 1.82) is 0 Å². The van der Waals surface area contributed by atoms with Crippen LogP contribution in [0.2, 0.25) is 5.15 Å². The van der Waals surface area contributed by atoms with Crippen molar-refractivity contribution in [2.75, 3.05) is 12.8 Å². The Balaban J connectivity index is 2.58. The molecule has 1 aromatic heterocycles. The van der Waals surface area contributed by atoms with E-state index in [1.807, 2.05) is 6.92 Å². The summed E-state index contributed by atoms with van der Waals surface area (Å²) in [6.07, 6.45) is 3.80. The van der Waals surface area contributed by atoms with Gasteiger partial charge in [0.1, 0.15) is 5.15 Å². The van der Waals surface area contributed by atoms with Gasteiger partial charge in [-0.05, 0) is 31.2 Å². The number of nitrogens with zero attached hydrogens (tertiary/aromatic N) is 1. The molecule has 0 radical (unpaired) electrons. The van der Waals surface area contributed by atoms with Gasteiger partial charge in [-0.2, -0.15) is 11.8 Å². The Morgan fingerprint density at radius 3 is 2.89 bits per heavy atom. The molecule has 0 aliphatic carbocycles. The Bertz CT molecular complexity index is 412. The minimum Gasteiger partial charge on any atom is -0.352 e. The lowest BCUT2D eigenvalue weighted by molar-refractivity contribution is 0.0953. The van der Waals surface area contributed by atoms with Crippen LogP contribution >= 0.6 is 23.4 Å². The summed E-state index contributed by atoms with van der Waals surface area (Å²) in [5, 5.41) is 3.83.